The van der Waals surface area contributed by atoms with Crippen LogP contribution in [0.3, 0.4) is 0 Å². The highest BCUT2D eigenvalue weighted by molar-refractivity contribution is 5.92. The summed E-state index contributed by atoms with van der Waals surface area (Å²) in [5.41, 5.74) is 1.87. The van der Waals surface area contributed by atoms with E-state index in [2.05, 4.69) is 10.4 Å². The molecule has 1 amide bonds. The number of aliphatic hydroxyl groups excluding tert-OH is 1. The third kappa shape index (κ3) is 2.84. The van der Waals surface area contributed by atoms with Crippen LogP contribution in [0.2, 0.25) is 0 Å². The van der Waals surface area contributed by atoms with E-state index in [0.29, 0.717) is 23.2 Å². The number of benzene rings is 1. The summed E-state index contributed by atoms with van der Waals surface area (Å²) in [6.07, 6.45) is 3.37. The Morgan fingerprint density at radius 3 is 2.76 bits per heavy atom. The number of carbonyl (C=O) groups is 1. The number of amides is 1. The molecule has 2 fully saturated rings. The van der Waals surface area contributed by atoms with Crippen LogP contribution in [-0.4, -0.2) is 33.4 Å². The Labute approximate surface area is 145 Å². The van der Waals surface area contributed by atoms with E-state index in [1.807, 2.05) is 6.92 Å². The molecule has 5 nitrogen and oxygen atoms in total. The van der Waals surface area contributed by atoms with Crippen LogP contribution in [0.1, 0.15) is 35.4 Å². The van der Waals surface area contributed by atoms with Gasteiger partial charge < -0.3 is 10.4 Å². The van der Waals surface area contributed by atoms with Crippen molar-refractivity contribution < 1.29 is 14.3 Å². The number of aryl methyl sites for hydroxylation is 1. The van der Waals surface area contributed by atoms with Gasteiger partial charge in [-0.15, -0.1) is 0 Å². The van der Waals surface area contributed by atoms with Gasteiger partial charge in [-0.2, -0.15) is 5.10 Å². The average Bonchev–Trinajstić information content (AvgIpc) is 3.30. The minimum absolute atomic E-state index is 0.0347. The van der Waals surface area contributed by atoms with Gasteiger partial charge in [-0.05, 0) is 68.4 Å². The van der Waals surface area contributed by atoms with Crippen molar-refractivity contribution in [2.24, 2.45) is 17.8 Å². The summed E-state index contributed by atoms with van der Waals surface area (Å²) in [6, 6.07) is 7.78. The topological polar surface area (TPSA) is 67.2 Å². The monoisotopic (exact) mass is 343 g/mol. The second-order valence-electron chi connectivity index (χ2n) is 7.24. The molecule has 2 bridgehead atoms. The molecule has 6 heteroatoms. The Bertz CT molecular complexity index is 786. The van der Waals surface area contributed by atoms with E-state index in [1.54, 1.807) is 22.9 Å². The van der Waals surface area contributed by atoms with E-state index in [4.69, 9.17) is 0 Å². The predicted octanol–water partition coefficient (Wildman–Crippen LogP) is 2.46. The summed E-state index contributed by atoms with van der Waals surface area (Å²) in [7, 11) is 0. The maximum atomic E-state index is 13.1. The molecule has 2 saturated carbocycles. The van der Waals surface area contributed by atoms with Crippen molar-refractivity contribution in [3.63, 3.8) is 0 Å². The molecule has 0 spiro atoms. The minimum atomic E-state index is -0.308. The molecule has 25 heavy (non-hydrogen) atoms. The second kappa shape index (κ2) is 6.26. The van der Waals surface area contributed by atoms with E-state index < -0.39 is 0 Å². The van der Waals surface area contributed by atoms with E-state index in [0.717, 1.165) is 25.0 Å². The van der Waals surface area contributed by atoms with Gasteiger partial charge in [0.1, 0.15) is 5.82 Å². The molecular formula is C19H22FN3O2. The first-order chi connectivity index (χ1) is 12.1. The van der Waals surface area contributed by atoms with Crippen molar-refractivity contribution in [3.05, 3.63) is 47.5 Å². The predicted molar refractivity (Wildman–Crippen MR) is 90.9 cm³/mol. The van der Waals surface area contributed by atoms with Gasteiger partial charge in [0.25, 0.3) is 5.91 Å². The van der Waals surface area contributed by atoms with Gasteiger partial charge in [0.05, 0.1) is 5.69 Å². The van der Waals surface area contributed by atoms with Gasteiger partial charge in [0.15, 0.2) is 5.69 Å². The van der Waals surface area contributed by atoms with Gasteiger partial charge in [0.2, 0.25) is 0 Å². The van der Waals surface area contributed by atoms with E-state index >= 15 is 0 Å². The Morgan fingerprint density at radius 2 is 2.04 bits per heavy atom. The van der Waals surface area contributed by atoms with E-state index in [9.17, 15) is 14.3 Å². The molecule has 2 N–H and O–H groups in total. The van der Waals surface area contributed by atoms with Crippen molar-refractivity contribution in [1.29, 1.82) is 0 Å². The molecule has 0 radical (unpaired) electrons. The van der Waals surface area contributed by atoms with Crippen LogP contribution in [0.15, 0.2) is 30.3 Å². The van der Waals surface area contributed by atoms with Crippen LogP contribution >= 0.6 is 0 Å². The maximum Gasteiger partial charge on any atom is 0.272 e. The lowest BCUT2D eigenvalue weighted by atomic mass is 9.85. The third-order valence-electron chi connectivity index (χ3n) is 5.79. The largest absolute Gasteiger partial charge is 0.396 e. The molecule has 4 unspecified atom stereocenters. The Kier molecular flexibility index (Phi) is 4.07. The number of aliphatic hydroxyl groups is 1. The lowest BCUT2D eigenvalue weighted by Crippen LogP contribution is -2.45. The van der Waals surface area contributed by atoms with E-state index in [-0.39, 0.29) is 30.3 Å². The number of hydrogen-bond donors (Lipinski definition) is 2. The zero-order chi connectivity index (χ0) is 17.6. The SMILES string of the molecule is Cc1cc(C(=O)NC2C3CCC(C3)C2CO)nn1-c1ccc(F)cc1. The molecule has 0 saturated heterocycles. The number of halogens is 1. The number of aromatic nitrogens is 2. The van der Waals surface area contributed by atoms with Gasteiger partial charge in [-0.1, -0.05) is 0 Å². The average molecular weight is 343 g/mol. The van der Waals surface area contributed by atoms with Crippen LogP contribution < -0.4 is 5.32 Å². The molecule has 0 aliphatic heterocycles. The zero-order valence-corrected chi connectivity index (χ0v) is 14.2. The lowest BCUT2D eigenvalue weighted by Gasteiger charge is -2.30. The van der Waals surface area contributed by atoms with Crippen LogP contribution in [0.5, 0.6) is 0 Å². The number of rotatable bonds is 4. The highest BCUT2D eigenvalue weighted by Crippen LogP contribution is 2.48. The number of fused-ring (bicyclic) bond motifs is 2. The smallest absolute Gasteiger partial charge is 0.272 e. The molecule has 4 rings (SSSR count). The first-order valence-corrected chi connectivity index (χ1v) is 8.81. The fourth-order valence-corrected chi connectivity index (χ4v) is 4.55. The van der Waals surface area contributed by atoms with Crippen molar-refractivity contribution in [2.75, 3.05) is 6.61 Å². The number of carbonyl (C=O) groups excluding carboxylic acids is 1. The summed E-state index contributed by atoms with van der Waals surface area (Å²) < 4.78 is 14.7. The summed E-state index contributed by atoms with van der Waals surface area (Å²) in [5, 5.41) is 17.1. The molecule has 1 aromatic carbocycles. The number of nitrogens with zero attached hydrogens (tertiary/aromatic N) is 2. The Hall–Kier alpha value is -2.21. The highest BCUT2D eigenvalue weighted by atomic mass is 19.1. The first kappa shape index (κ1) is 16.3. The normalized spacial score (nSPS) is 27.6. The summed E-state index contributed by atoms with van der Waals surface area (Å²) in [5.74, 6) is 0.631. The van der Waals surface area contributed by atoms with Crippen LogP contribution in [0.25, 0.3) is 5.69 Å². The van der Waals surface area contributed by atoms with Crippen LogP contribution in [0, 0.1) is 30.5 Å². The maximum absolute atomic E-state index is 13.1. The minimum Gasteiger partial charge on any atom is -0.396 e. The summed E-state index contributed by atoms with van der Waals surface area (Å²) >= 11 is 0. The van der Waals surface area contributed by atoms with Crippen molar-refractivity contribution >= 4 is 5.91 Å². The Balaban J connectivity index is 1.53. The second-order valence-corrected chi connectivity index (χ2v) is 7.24. The molecule has 4 atom stereocenters. The molecular weight excluding hydrogens is 321 g/mol. The van der Waals surface area contributed by atoms with Crippen molar-refractivity contribution in [3.8, 4) is 5.69 Å². The molecule has 2 aromatic rings. The first-order valence-electron chi connectivity index (χ1n) is 8.81. The quantitative estimate of drug-likeness (QED) is 0.896. The van der Waals surface area contributed by atoms with Crippen LogP contribution in [-0.2, 0) is 0 Å². The van der Waals surface area contributed by atoms with E-state index in [1.165, 1.54) is 12.1 Å². The van der Waals surface area contributed by atoms with Crippen molar-refractivity contribution in [1.82, 2.24) is 15.1 Å². The molecule has 2 aliphatic rings. The van der Waals surface area contributed by atoms with Crippen molar-refractivity contribution in [2.45, 2.75) is 32.2 Å². The fraction of sp³-hybridized carbons (Fsp3) is 0.474. The van der Waals surface area contributed by atoms with Gasteiger partial charge >= 0.3 is 0 Å². The van der Waals surface area contributed by atoms with Gasteiger partial charge in [-0.25, -0.2) is 9.07 Å². The Morgan fingerprint density at radius 1 is 1.32 bits per heavy atom. The van der Waals surface area contributed by atoms with Gasteiger partial charge in [0, 0.05) is 24.3 Å². The molecule has 1 aromatic heterocycles. The lowest BCUT2D eigenvalue weighted by molar-refractivity contribution is 0.0856. The number of hydrogen-bond acceptors (Lipinski definition) is 3. The van der Waals surface area contributed by atoms with Crippen LogP contribution in [0.4, 0.5) is 4.39 Å². The molecule has 2 aliphatic carbocycles. The fourth-order valence-electron chi connectivity index (χ4n) is 4.55. The molecule has 132 valence electrons. The summed E-state index contributed by atoms with van der Waals surface area (Å²) in [4.78, 5) is 12.7. The van der Waals surface area contributed by atoms with Gasteiger partial charge in [-0.3, -0.25) is 4.79 Å². The third-order valence-corrected chi connectivity index (χ3v) is 5.79. The number of nitrogens with one attached hydrogen (secondary N) is 1. The zero-order valence-electron chi connectivity index (χ0n) is 14.2. The summed E-state index contributed by atoms with van der Waals surface area (Å²) in [6.45, 7) is 1.98. The standard InChI is InChI=1S/C19H22FN3O2/c1-11-8-17(22-23(11)15-6-4-14(20)5-7-15)19(25)21-18-13-3-2-12(9-13)16(18)10-24/h4-8,12-13,16,18,24H,2-3,9-10H2,1H3,(H,21,25). The molecule has 1 heterocycles. The highest BCUT2D eigenvalue weighted by Gasteiger charge is 2.47.